The lowest BCUT2D eigenvalue weighted by Crippen LogP contribution is -2.39. The van der Waals surface area contributed by atoms with E-state index in [-0.39, 0.29) is 0 Å². The van der Waals surface area contributed by atoms with Gasteiger partial charge in [0.25, 0.3) is 0 Å². The second kappa shape index (κ2) is 9.88. The minimum Gasteiger partial charge on any atom is -0.191 e. The number of rotatable bonds is 6. The standard InChI is InChI=1S/C34H34N/c1-5-6-19-35-32(27-13-9-7-10-14-27)22-29(23-33(35)28-15-11-8-12-16-28)31-18-17-30-25(3)20-24(2)21-26(4)34(30)31/h7-18,20-23H,5-6,19H2,1-4H3/q+1. The Morgan fingerprint density at radius 3 is 1.69 bits per heavy atom. The molecule has 0 saturated carbocycles. The highest BCUT2D eigenvalue weighted by molar-refractivity contribution is 5.91. The van der Waals surface area contributed by atoms with Crippen molar-refractivity contribution in [3.63, 3.8) is 0 Å². The maximum atomic E-state index is 2.52. The van der Waals surface area contributed by atoms with E-state index >= 15 is 0 Å². The molecule has 1 aromatic heterocycles. The monoisotopic (exact) mass is 456 g/mol. The Labute approximate surface area is 210 Å². The predicted octanol–water partition coefficient (Wildman–Crippen LogP) is 8.81. The predicted molar refractivity (Wildman–Crippen MR) is 149 cm³/mol. The molecular formula is C34H34N+. The van der Waals surface area contributed by atoms with Crippen LogP contribution in [0.1, 0.15) is 36.5 Å². The van der Waals surface area contributed by atoms with Gasteiger partial charge in [-0.1, -0.05) is 79.6 Å². The minimum atomic E-state index is 0.999. The molecular weight excluding hydrogens is 422 g/mol. The van der Waals surface area contributed by atoms with Gasteiger partial charge in [0.2, 0.25) is 11.4 Å². The molecule has 0 N–H and O–H groups in total. The van der Waals surface area contributed by atoms with Crippen LogP contribution in [0.3, 0.4) is 0 Å². The molecule has 0 amide bonds. The molecule has 0 radical (unpaired) electrons. The third kappa shape index (κ3) is 4.51. The summed E-state index contributed by atoms with van der Waals surface area (Å²) >= 11 is 0. The summed E-state index contributed by atoms with van der Waals surface area (Å²) in [5.41, 5.74) is 14.3. The molecule has 1 heteroatoms. The normalized spacial score (nSPS) is 11.2. The molecule has 0 aliphatic heterocycles. The van der Waals surface area contributed by atoms with Crippen molar-refractivity contribution >= 4 is 0 Å². The number of aromatic nitrogens is 1. The fraction of sp³-hybridized carbons (Fsp3) is 0.206. The SMILES string of the molecule is CCCC[n+]1c(-c2ccccc2)cc(-c2ccc3c(C)cc(C)cc(C)c2-3)cc1-c1ccccc1. The van der Waals surface area contributed by atoms with Crippen molar-refractivity contribution in [2.24, 2.45) is 0 Å². The van der Waals surface area contributed by atoms with Gasteiger partial charge in [-0.15, -0.1) is 0 Å². The summed E-state index contributed by atoms with van der Waals surface area (Å²) in [4.78, 5) is 0. The fourth-order valence-electron chi connectivity index (χ4n) is 5.38. The van der Waals surface area contributed by atoms with Crippen LogP contribution >= 0.6 is 0 Å². The third-order valence-corrected chi connectivity index (χ3v) is 7.01. The Hall–Kier alpha value is -3.71. The Morgan fingerprint density at radius 1 is 0.571 bits per heavy atom. The Morgan fingerprint density at radius 2 is 1.11 bits per heavy atom. The molecule has 1 nitrogen and oxygen atoms in total. The van der Waals surface area contributed by atoms with Crippen molar-refractivity contribution in [2.75, 3.05) is 0 Å². The number of unbranched alkanes of at least 4 members (excludes halogenated alkanes) is 1. The van der Waals surface area contributed by atoms with E-state index in [1.807, 2.05) is 0 Å². The third-order valence-electron chi connectivity index (χ3n) is 7.01. The topological polar surface area (TPSA) is 3.88 Å². The molecule has 3 aromatic rings. The molecule has 0 atom stereocenters. The first-order valence-electron chi connectivity index (χ1n) is 12.8. The van der Waals surface area contributed by atoms with Crippen LogP contribution in [-0.4, -0.2) is 0 Å². The Kier molecular flexibility index (Phi) is 6.51. The van der Waals surface area contributed by atoms with E-state index in [9.17, 15) is 0 Å². The first-order chi connectivity index (χ1) is 17.1. The molecule has 0 saturated heterocycles. The smallest absolute Gasteiger partial charge is 0.191 e. The largest absolute Gasteiger partial charge is 0.213 e. The van der Waals surface area contributed by atoms with Gasteiger partial charge >= 0.3 is 0 Å². The molecule has 0 spiro atoms. The number of hydrogen-bond donors (Lipinski definition) is 0. The number of nitrogens with zero attached hydrogens (tertiary/aromatic N) is 1. The van der Waals surface area contributed by atoms with Gasteiger partial charge in [-0.3, -0.25) is 0 Å². The molecule has 2 aliphatic rings. The van der Waals surface area contributed by atoms with Crippen molar-refractivity contribution in [1.82, 2.24) is 0 Å². The maximum absolute atomic E-state index is 2.52. The lowest BCUT2D eigenvalue weighted by Gasteiger charge is -2.14. The minimum absolute atomic E-state index is 0.999. The van der Waals surface area contributed by atoms with E-state index in [1.54, 1.807) is 0 Å². The van der Waals surface area contributed by atoms with Crippen LogP contribution in [0.4, 0.5) is 0 Å². The quantitative estimate of drug-likeness (QED) is 0.225. The highest BCUT2D eigenvalue weighted by atomic mass is 15.0. The first kappa shape index (κ1) is 23.1. The van der Waals surface area contributed by atoms with Gasteiger partial charge in [0.05, 0.1) is 0 Å². The van der Waals surface area contributed by atoms with Gasteiger partial charge in [-0.2, -0.15) is 4.57 Å². The van der Waals surface area contributed by atoms with Crippen molar-refractivity contribution < 1.29 is 4.57 Å². The highest BCUT2D eigenvalue weighted by Gasteiger charge is 2.24. The Balaban J connectivity index is 1.82. The molecule has 0 fully saturated rings. The van der Waals surface area contributed by atoms with E-state index in [1.165, 1.54) is 67.9 Å². The van der Waals surface area contributed by atoms with E-state index in [4.69, 9.17) is 0 Å². The van der Waals surface area contributed by atoms with Gasteiger partial charge in [0.1, 0.15) is 6.54 Å². The van der Waals surface area contributed by atoms with Crippen LogP contribution in [0.2, 0.25) is 0 Å². The van der Waals surface area contributed by atoms with Gasteiger partial charge < -0.3 is 0 Å². The van der Waals surface area contributed by atoms with Crippen LogP contribution in [0.15, 0.2) is 97.1 Å². The van der Waals surface area contributed by atoms with Crippen molar-refractivity contribution in [1.29, 1.82) is 0 Å². The van der Waals surface area contributed by atoms with Crippen LogP contribution in [0.5, 0.6) is 0 Å². The average Bonchev–Trinajstić information content (AvgIpc) is 3.29. The van der Waals surface area contributed by atoms with Crippen LogP contribution in [-0.2, 0) is 6.54 Å². The fourth-order valence-corrected chi connectivity index (χ4v) is 5.38. The summed E-state index contributed by atoms with van der Waals surface area (Å²) in [5.74, 6) is 0. The number of fused-ring (bicyclic) bond motifs is 1. The van der Waals surface area contributed by atoms with Gasteiger partial charge in [0.15, 0.2) is 0 Å². The summed E-state index contributed by atoms with van der Waals surface area (Å²) < 4.78 is 2.52. The molecule has 5 rings (SSSR count). The van der Waals surface area contributed by atoms with E-state index < -0.39 is 0 Å². The lowest BCUT2D eigenvalue weighted by molar-refractivity contribution is -0.675. The average molecular weight is 457 g/mol. The summed E-state index contributed by atoms with van der Waals surface area (Å²) in [6, 6.07) is 35.7. The van der Waals surface area contributed by atoms with Gasteiger partial charge in [0, 0.05) is 29.7 Å². The van der Waals surface area contributed by atoms with Crippen molar-refractivity contribution in [2.45, 2.75) is 47.1 Å². The Bertz CT molecular complexity index is 1370. The molecule has 0 unspecified atom stereocenters. The van der Waals surface area contributed by atoms with Gasteiger partial charge in [-0.05, 0) is 78.4 Å². The first-order valence-corrected chi connectivity index (χ1v) is 12.8. The molecule has 1 heterocycles. The van der Waals surface area contributed by atoms with Crippen LogP contribution < -0.4 is 4.57 Å². The number of aryl methyl sites for hydroxylation is 3. The highest BCUT2D eigenvalue weighted by Crippen LogP contribution is 2.41. The molecule has 174 valence electrons. The lowest BCUT2D eigenvalue weighted by atomic mass is 9.94. The summed E-state index contributed by atoms with van der Waals surface area (Å²) in [7, 11) is 0. The zero-order valence-electron chi connectivity index (χ0n) is 21.3. The summed E-state index contributed by atoms with van der Waals surface area (Å²) in [6.07, 6.45) is 2.31. The molecule has 2 aliphatic carbocycles. The number of hydrogen-bond acceptors (Lipinski definition) is 0. The zero-order chi connectivity index (χ0) is 24.4. The van der Waals surface area contributed by atoms with Crippen LogP contribution in [0.25, 0.3) is 44.8 Å². The molecule has 2 aromatic carbocycles. The van der Waals surface area contributed by atoms with E-state index in [2.05, 4.69) is 129 Å². The second-order valence-corrected chi connectivity index (χ2v) is 9.69. The number of pyridine rings is 1. The zero-order valence-corrected chi connectivity index (χ0v) is 21.3. The molecule has 0 bridgehead atoms. The van der Waals surface area contributed by atoms with E-state index in [0.717, 1.165) is 13.0 Å². The number of benzene rings is 2. The van der Waals surface area contributed by atoms with Gasteiger partial charge in [-0.25, -0.2) is 0 Å². The summed E-state index contributed by atoms with van der Waals surface area (Å²) in [6.45, 7) is 9.94. The van der Waals surface area contributed by atoms with Crippen molar-refractivity contribution in [3.8, 4) is 44.8 Å². The summed E-state index contributed by atoms with van der Waals surface area (Å²) in [5, 5.41) is 0. The van der Waals surface area contributed by atoms with Crippen molar-refractivity contribution in [3.05, 3.63) is 114 Å². The molecule has 35 heavy (non-hydrogen) atoms. The second-order valence-electron chi connectivity index (χ2n) is 9.69. The van der Waals surface area contributed by atoms with E-state index in [0.29, 0.717) is 0 Å². The van der Waals surface area contributed by atoms with Crippen LogP contribution in [0, 0.1) is 20.8 Å². The maximum Gasteiger partial charge on any atom is 0.213 e.